The summed E-state index contributed by atoms with van der Waals surface area (Å²) in [5.41, 5.74) is 24.3. The molecule has 2 heteroatoms. The first-order valence-corrected chi connectivity index (χ1v) is 17.8. The Morgan fingerprint density at radius 1 is 0.510 bits per heavy atom. The quantitative estimate of drug-likeness (QED) is 0.170. The lowest BCUT2D eigenvalue weighted by molar-refractivity contribution is 0.666. The van der Waals surface area contributed by atoms with E-state index in [9.17, 15) is 0 Å². The second kappa shape index (κ2) is 11.1. The number of aromatic nitrogens is 1. The van der Waals surface area contributed by atoms with Crippen molar-refractivity contribution >= 4 is 44.9 Å². The number of hydrogen-bond donors (Lipinski definition) is 0. The molecule has 8 rings (SSSR count). The van der Waals surface area contributed by atoms with Crippen molar-refractivity contribution in [2.75, 3.05) is 0 Å². The molecule has 0 radical (unpaired) electrons. The molecule has 1 aliphatic rings. The van der Waals surface area contributed by atoms with E-state index < -0.39 is 0 Å². The maximum atomic E-state index is 2.55. The van der Waals surface area contributed by atoms with Gasteiger partial charge in [0.15, 0.2) is 0 Å². The van der Waals surface area contributed by atoms with Crippen LogP contribution in [0.3, 0.4) is 0 Å². The smallest absolute Gasteiger partial charge is 0.242 e. The van der Waals surface area contributed by atoms with Crippen LogP contribution in [-0.2, 0) is 5.41 Å². The zero-order valence-electron chi connectivity index (χ0n) is 30.8. The monoisotopic (exact) mass is 635 g/mol. The molecule has 6 aromatic carbocycles. The number of para-hydroxylation sites is 1. The molecule has 0 fully saturated rings. The Morgan fingerprint density at radius 2 is 1.04 bits per heavy atom. The fourth-order valence-electron chi connectivity index (χ4n) is 9.85. The third-order valence-electron chi connectivity index (χ3n) is 11.5. The van der Waals surface area contributed by atoms with E-state index in [2.05, 4.69) is 171 Å². The van der Waals surface area contributed by atoms with Gasteiger partial charge < -0.3 is 4.57 Å². The van der Waals surface area contributed by atoms with Crippen LogP contribution in [0.1, 0.15) is 69.5 Å². The number of hydrogen-bond acceptors (Lipinski definition) is 0. The van der Waals surface area contributed by atoms with E-state index in [4.69, 9.17) is 0 Å². The SMILES string of the molecule is Cc1cc(C)c(B(c2cc(C)c(-n3c4ccccc4c4c5c(ccc43)-c3ccccc3C5(C)C)c(C)c2)c2c(C)cc(C)cc2C)c(C)c1. The second-order valence-electron chi connectivity index (χ2n) is 15.5. The van der Waals surface area contributed by atoms with Crippen LogP contribution in [0.25, 0.3) is 38.6 Å². The molecule has 0 atom stereocenters. The van der Waals surface area contributed by atoms with Crippen molar-refractivity contribution in [1.82, 2.24) is 4.57 Å². The van der Waals surface area contributed by atoms with Crippen LogP contribution in [-0.4, -0.2) is 11.3 Å². The maximum absolute atomic E-state index is 2.55. The fourth-order valence-corrected chi connectivity index (χ4v) is 9.85. The molecular formula is C47H46BN. The lowest BCUT2D eigenvalue weighted by Crippen LogP contribution is -2.56. The average Bonchev–Trinajstić information content (AvgIpc) is 3.48. The summed E-state index contributed by atoms with van der Waals surface area (Å²) in [5, 5.41) is 2.71. The number of fused-ring (bicyclic) bond motifs is 7. The maximum Gasteiger partial charge on any atom is 0.242 e. The van der Waals surface area contributed by atoms with Crippen molar-refractivity contribution in [3.63, 3.8) is 0 Å². The van der Waals surface area contributed by atoms with Gasteiger partial charge in [0, 0.05) is 16.2 Å². The van der Waals surface area contributed by atoms with Crippen molar-refractivity contribution in [3.05, 3.63) is 153 Å². The molecule has 0 saturated heterocycles. The molecule has 1 nitrogen and oxygen atoms in total. The molecule has 0 saturated carbocycles. The Kier molecular flexibility index (Phi) is 7.13. The van der Waals surface area contributed by atoms with Crippen LogP contribution >= 0.6 is 0 Å². The van der Waals surface area contributed by atoms with Crippen LogP contribution in [0, 0.1) is 55.4 Å². The van der Waals surface area contributed by atoms with Gasteiger partial charge >= 0.3 is 0 Å². The molecule has 49 heavy (non-hydrogen) atoms. The molecule has 7 aromatic rings. The summed E-state index contributed by atoms with van der Waals surface area (Å²) in [7, 11) is 0. The summed E-state index contributed by atoms with van der Waals surface area (Å²) in [5.74, 6) is 0. The number of benzene rings is 6. The molecule has 0 N–H and O–H groups in total. The Morgan fingerprint density at radius 3 is 1.63 bits per heavy atom. The zero-order chi connectivity index (χ0) is 34.5. The van der Waals surface area contributed by atoms with E-state index in [0.29, 0.717) is 0 Å². The van der Waals surface area contributed by atoms with Crippen molar-refractivity contribution in [3.8, 4) is 16.8 Å². The van der Waals surface area contributed by atoms with Crippen molar-refractivity contribution < 1.29 is 0 Å². The molecule has 1 aliphatic carbocycles. The van der Waals surface area contributed by atoms with Crippen LogP contribution in [0.2, 0.25) is 0 Å². The van der Waals surface area contributed by atoms with E-state index in [-0.39, 0.29) is 12.1 Å². The molecule has 242 valence electrons. The minimum Gasteiger partial charge on any atom is -0.309 e. The van der Waals surface area contributed by atoms with E-state index in [1.807, 2.05) is 0 Å². The third kappa shape index (κ3) is 4.60. The number of rotatable bonds is 4. The minimum absolute atomic E-state index is 0.0882. The normalized spacial score (nSPS) is 13.3. The van der Waals surface area contributed by atoms with Crippen LogP contribution in [0.15, 0.2) is 97.1 Å². The summed E-state index contributed by atoms with van der Waals surface area (Å²) in [6.45, 7) is 23.2. The van der Waals surface area contributed by atoms with Gasteiger partial charge in [-0.15, -0.1) is 0 Å². The average molecular weight is 636 g/mol. The first-order chi connectivity index (χ1) is 23.4. The molecule has 1 heterocycles. The summed E-state index contributed by atoms with van der Waals surface area (Å²) >= 11 is 0. The van der Waals surface area contributed by atoms with Crippen LogP contribution in [0.4, 0.5) is 0 Å². The molecule has 0 aliphatic heterocycles. The predicted octanol–water partition coefficient (Wildman–Crippen LogP) is 10.1. The van der Waals surface area contributed by atoms with Gasteiger partial charge in [0.25, 0.3) is 0 Å². The van der Waals surface area contributed by atoms with Gasteiger partial charge in [-0.3, -0.25) is 0 Å². The highest BCUT2D eigenvalue weighted by Gasteiger charge is 2.38. The van der Waals surface area contributed by atoms with Crippen molar-refractivity contribution in [1.29, 1.82) is 0 Å². The van der Waals surface area contributed by atoms with E-state index in [0.717, 1.165) is 0 Å². The van der Waals surface area contributed by atoms with Gasteiger partial charge in [-0.05, 0) is 101 Å². The molecule has 0 spiro atoms. The van der Waals surface area contributed by atoms with Gasteiger partial charge in [-0.1, -0.05) is 149 Å². The largest absolute Gasteiger partial charge is 0.309 e. The Hall–Kier alpha value is -4.82. The Bertz CT molecular complexity index is 2380. The first kappa shape index (κ1) is 31.5. The lowest BCUT2D eigenvalue weighted by Gasteiger charge is -2.26. The van der Waals surface area contributed by atoms with Crippen molar-refractivity contribution in [2.45, 2.75) is 74.7 Å². The summed E-state index contributed by atoms with van der Waals surface area (Å²) < 4.78 is 2.55. The van der Waals surface area contributed by atoms with E-state index in [1.54, 1.807) is 0 Å². The summed E-state index contributed by atoms with van der Waals surface area (Å²) in [6.07, 6.45) is 0. The van der Waals surface area contributed by atoms with E-state index >= 15 is 0 Å². The fraction of sp³-hybridized carbons (Fsp3) is 0.234. The van der Waals surface area contributed by atoms with Crippen LogP contribution in [0.5, 0.6) is 0 Å². The number of aryl methyl sites for hydroxylation is 8. The molecular weight excluding hydrogens is 589 g/mol. The standard InChI is InChI=1S/C47H46BN/c1-27-21-29(3)44(30(4)22-27)48(45-31(5)23-28(2)24-32(45)6)35-25-33(7)46(34(8)26-35)49-40-18-14-12-16-38(40)42-41(49)20-19-37-36-15-11-13-17-39(36)47(9,10)43(37)42/h11-26H,1-10H3. The number of nitrogens with zero attached hydrogens (tertiary/aromatic N) is 1. The second-order valence-corrected chi connectivity index (χ2v) is 15.5. The minimum atomic E-state index is -0.0882. The molecule has 1 aromatic heterocycles. The van der Waals surface area contributed by atoms with Crippen LogP contribution < -0.4 is 16.4 Å². The summed E-state index contributed by atoms with van der Waals surface area (Å²) in [6, 6.07) is 37.2. The highest BCUT2D eigenvalue weighted by atomic mass is 15.0. The Balaban J connectivity index is 1.40. The van der Waals surface area contributed by atoms with Gasteiger partial charge in [0.2, 0.25) is 6.71 Å². The lowest BCUT2D eigenvalue weighted by atomic mass is 9.34. The molecule has 0 unspecified atom stereocenters. The summed E-state index contributed by atoms with van der Waals surface area (Å²) in [4.78, 5) is 0. The van der Waals surface area contributed by atoms with Gasteiger partial charge in [-0.2, -0.15) is 0 Å². The van der Waals surface area contributed by atoms with E-state index in [1.165, 1.54) is 111 Å². The predicted molar refractivity (Wildman–Crippen MR) is 214 cm³/mol. The van der Waals surface area contributed by atoms with Gasteiger partial charge in [0.05, 0.1) is 16.7 Å². The Labute approximate surface area is 292 Å². The zero-order valence-corrected chi connectivity index (χ0v) is 30.8. The molecule has 0 amide bonds. The topological polar surface area (TPSA) is 4.93 Å². The highest BCUT2D eigenvalue weighted by molar-refractivity contribution is 6.96. The van der Waals surface area contributed by atoms with Crippen molar-refractivity contribution in [2.24, 2.45) is 0 Å². The highest BCUT2D eigenvalue weighted by Crippen LogP contribution is 2.53. The van der Waals surface area contributed by atoms with Gasteiger partial charge in [-0.25, -0.2) is 0 Å². The third-order valence-corrected chi connectivity index (χ3v) is 11.5. The first-order valence-electron chi connectivity index (χ1n) is 17.8. The molecule has 0 bridgehead atoms. The van der Waals surface area contributed by atoms with Gasteiger partial charge in [0.1, 0.15) is 0 Å².